The topological polar surface area (TPSA) is 57.0 Å². The van der Waals surface area contributed by atoms with Crippen molar-refractivity contribution in [1.82, 2.24) is 14.8 Å². The molecule has 2 aromatic rings. The van der Waals surface area contributed by atoms with E-state index in [1.165, 1.54) is 29.1 Å². The molecule has 2 rings (SSSR count). The SMILES string of the molecule is Cn1nccc1C(=O)COc1cccc(C(F)(F)F)n1. The number of hydrogen-bond donors (Lipinski definition) is 0. The minimum Gasteiger partial charge on any atom is -0.469 e. The maximum absolute atomic E-state index is 12.4. The van der Waals surface area contributed by atoms with E-state index in [1.54, 1.807) is 7.05 Å². The Morgan fingerprint density at radius 1 is 1.35 bits per heavy atom. The summed E-state index contributed by atoms with van der Waals surface area (Å²) in [5.41, 5.74) is -0.764. The van der Waals surface area contributed by atoms with E-state index in [4.69, 9.17) is 4.74 Å². The molecule has 0 saturated carbocycles. The first-order chi connectivity index (χ1) is 9.38. The van der Waals surface area contributed by atoms with Gasteiger partial charge in [0, 0.05) is 19.3 Å². The molecular weight excluding hydrogens is 275 g/mol. The Morgan fingerprint density at radius 2 is 2.10 bits per heavy atom. The van der Waals surface area contributed by atoms with Crippen molar-refractivity contribution in [2.45, 2.75) is 6.18 Å². The Labute approximate surface area is 112 Å². The van der Waals surface area contributed by atoms with Crippen LogP contribution in [0.25, 0.3) is 0 Å². The van der Waals surface area contributed by atoms with Gasteiger partial charge >= 0.3 is 6.18 Å². The summed E-state index contributed by atoms with van der Waals surface area (Å²) in [7, 11) is 1.58. The van der Waals surface area contributed by atoms with E-state index in [9.17, 15) is 18.0 Å². The van der Waals surface area contributed by atoms with Crippen molar-refractivity contribution < 1.29 is 22.7 Å². The molecule has 2 aromatic heterocycles. The van der Waals surface area contributed by atoms with E-state index >= 15 is 0 Å². The molecule has 0 unspecified atom stereocenters. The van der Waals surface area contributed by atoms with Crippen LogP contribution in [0.15, 0.2) is 30.5 Å². The van der Waals surface area contributed by atoms with Crippen molar-refractivity contribution >= 4 is 5.78 Å². The summed E-state index contributed by atoms with van der Waals surface area (Å²) < 4.78 is 43.7. The van der Waals surface area contributed by atoms with Crippen LogP contribution >= 0.6 is 0 Å². The number of alkyl halides is 3. The van der Waals surface area contributed by atoms with Gasteiger partial charge in [-0.3, -0.25) is 9.48 Å². The summed E-state index contributed by atoms with van der Waals surface area (Å²) in [5.74, 6) is -0.653. The maximum atomic E-state index is 12.4. The summed E-state index contributed by atoms with van der Waals surface area (Å²) in [6.07, 6.45) is -3.11. The molecule has 0 aromatic carbocycles. The Morgan fingerprint density at radius 3 is 2.70 bits per heavy atom. The Balaban J connectivity index is 2.05. The summed E-state index contributed by atoms with van der Waals surface area (Å²) in [4.78, 5) is 15.0. The summed E-state index contributed by atoms with van der Waals surface area (Å²) >= 11 is 0. The highest BCUT2D eigenvalue weighted by Crippen LogP contribution is 2.28. The molecule has 20 heavy (non-hydrogen) atoms. The van der Waals surface area contributed by atoms with Gasteiger partial charge in [0.15, 0.2) is 6.61 Å². The molecule has 0 bridgehead atoms. The Kier molecular flexibility index (Phi) is 3.73. The summed E-state index contributed by atoms with van der Waals surface area (Å²) in [6.45, 7) is -0.409. The fourth-order valence-corrected chi connectivity index (χ4v) is 1.51. The number of hydrogen-bond acceptors (Lipinski definition) is 4. The molecule has 2 heterocycles. The molecule has 0 amide bonds. The predicted molar refractivity (Wildman–Crippen MR) is 62.3 cm³/mol. The minimum atomic E-state index is -4.55. The smallest absolute Gasteiger partial charge is 0.433 e. The number of aromatic nitrogens is 3. The van der Waals surface area contributed by atoms with Crippen LogP contribution in [0.3, 0.4) is 0 Å². The lowest BCUT2D eigenvalue weighted by atomic mass is 10.3. The number of Topliss-reactive ketones (excluding diaryl/α,β-unsaturated/α-hetero) is 1. The highest BCUT2D eigenvalue weighted by atomic mass is 19.4. The van der Waals surface area contributed by atoms with Crippen LogP contribution in [-0.2, 0) is 13.2 Å². The van der Waals surface area contributed by atoms with Gasteiger partial charge in [0.2, 0.25) is 11.7 Å². The minimum absolute atomic E-state index is 0.254. The molecule has 0 spiro atoms. The third-order valence-corrected chi connectivity index (χ3v) is 2.47. The molecule has 5 nitrogen and oxygen atoms in total. The van der Waals surface area contributed by atoms with Gasteiger partial charge in [-0.05, 0) is 12.1 Å². The van der Waals surface area contributed by atoms with Crippen LogP contribution in [0.4, 0.5) is 13.2 Å². The number of pyridine rings is 1. The molecule has 0 fully saturated rings. The van der Waals surface area contributed by atoms with Crippen LogP contribution in [-0.4, -0.2) is 27.2 Å². The first-order valence-electron chi connectivity index (χ1n) is 5.56. The van der Waals surface area contributed by atoms with Gasteiger partial charge < -0.3 is 4.74 Å². The fourth-order valence-electron chi connectivity index (χ4n) is 1.51. The molecule has 0 saturated heterocycles. The second-order valence-corrected chi connectivity index (χ2v) is 3.91. The van der Waals surface area contributed by atoms with E-state index in [-0.39, 0.29) is 5.88 Å². The van der Waals surface area contributed by atoms with Crippen molar-refractivity contribution in [3.63, 3.8) is 0 Å². The van der Waals surface area contributed by atoms with Crippen LogP contribution in [0.2, 0.25) is 0 Å². The number of ketones is 1. The molecule has 0 radical (unpaired) electrons. The largest absolute Gasteiger partial charge is 0.469 e. The average molecular weight is 285 g/mol. The molecule has 0 N–H and O–H groups in total. The molecule has 0 aliphatic heterocycles. The first kappa shape index (κ1) is 14.0. The second-order valence-electron chi connectivity index (χ2n) is 3.91. The molecular formula is C12H10F3N3O2. The number of carbonyl (C=O) groups excluding carboxylic acids is 1. The number of ether oxygens (including phenoxy) is 1. The summed E-state index contributed by atoms with van der Waals surface area (Å²) in [5, 5.41) is 3.81. The highest BCUT2D eigenvalue weighted by molar-refractivity contribution is 5.95. The zero-order chi connectivity index (χ0) is 14.8. The molecule has 0 atom stereocenters. The standard InChI is InChI=1S/C12H10F3N3O2/c1-18-8(5-6-16-18)9(19)7-20-11-4-2-3-10(17-11)12(13,14)15/h2-6H,7H2,1H3. The Hall–Kier alpha value is -2.38. The summed E-state index contributed by atoms with van der Waals surface area (Å²) in [6, 6.07) is 4.74. The molecule has 8 heteroatoms. The van der Waals surface area contributed by atoms with E-state index in [2.05, 4.69) is 10.1 Å². The lowest BCUT2D eigenvalue weighted by molar-refractivity contribution is -0.141. The normalized spacial score (nSPS) is 11.4. The lowest BCUT2D eigenvalue weighted by Gasteiger charge is -2.08. The highest BCUT2D eigenvalue weighted by Gasteiger charge is 2.32. The number of halogens is 3. The van der Waals surface area contributed by atoms with Gasteiger partial charge in [0.25, 0.3) is 0 Å². The third kappa shape index (κ3) is 3.14. The number of nitrogens with zero attached hydrogens (tertiary/aromatic N) is 3. The number of carbonyl (C=O) groups is 1. The van der Waals surface area contributed by atoms with Crippen molar-refractivity contribution in [3.8, 4) is 5.88 Å². The predicted octanol–water partition coefficient (Wildman–Crippen LogP) is 2.10. The quantitative estimate of drug-likeness (QED) is 0.807. The first-order valence-corrected chi connectivity index (χ1v) is 5.56. The zero-order valence-corrected chi connectivity index (χ0v) is 10.4. The van der Waals surface area contributed by atoms with Crippen molar-refractivity contribution in [2.75, 3.05) is 6.61 Å². The van der Waals surface area contributed by atoms with E-state index in [0.717, 1.165) is 6.07 Å². The van der Waals surface area contributed by atoms with Crippen molar-refractivity contribution in [1.29, 1.82) is 0 Å². The zero-order valence-electron chi connectivity index (χ0n) is 10.4. The third-order valence-electron chi connectivity index (χ3n) is 2.47. The lowest BCUT2D eigenvalue weighted by Crippen LogP contribution is -2.16. The van der Waals surface area contributed by atoms with Gasteiger partial charge in [0.05, 0.1) is 0 Å². The van der Waals surface area contributed by atoms with Crippen LogP contribution in [0, 0.1) is 0 Å². The van der Waals surface area contributed by atoms with Gasteiger partial charge in [-0.2, -0.15) is 18.3 Å². The average Bonchev–Trinajstić information content (AvgIpc) is 2.82. The molecule has 0 aliphatic carbocycles. The van der Waals surface area contributed by atoms with Gasteiger partial charge in [-0.1, -0.05) is 6.07 Å². The number of aryl methyl sites for hydroxylation is 1. The maximum Gasteiger partial charge on any atom is 0.433 e. The fraction of sp³-hybridized carbons (Fsp3) is 0.250. The van der Waals surface area contributed by atoms with Gasteiger partial charge in [-0.15, -0.1) is 0 Å². The van der Waals surface area contributed by atoms with Crippen molar-refractivity contribution in [3.05, 3.63) is 41.9 Å². The van der Waals surface area contributed by atoms with Crippen molar-refractivity contribution in [2.24, 2.45) is 7.05 Å². The van der Waals surface area contributed by atoms with Crippen LogP contribution in [0.1, 0.15) is 16.2 Å². The van der Waals surface area contributed by atoms with E-state index in [0.29, 0.717) is 5.69 Å². The monoisotopic (exact) mass is 285 g/mol. The second kappa shape index (κ2) is 5.32. The van der Waals surface area contributed by atoms with Crippen LogP contribution < -0.4 is 4.74 Å². The van der Waals surface area contributed by atoms with E-state index < -0.39 is 24.3 Å². The Bertz CT molecular complexity index is 622. The molecule has 0 aliphatic rings. The van der Waals surface area contributed by atoms with Crippen LogP contribution in [0.5, 0.6) is 5.88 Å². The van der Waals surface area contributed by atoms with Gasteiger partial charge in [-0.25, -0.2) is 4.98 Å². The number of rotatable bonds is 4. The van der Waals surface area contributed by atoms with Gasteiger partial charge in [0.1, 0.15) is 11.4 Å². The molecule has 106 valence electrons. The van der Waals surface area contributed by atoms with E-state index in [1.807, 2.05) is 0 Å².